The summed E-state index contributed by atoms with van der Waals surface area (Å²) in [5, 5.41) is 3.04. The van der Waals surface area contributed by atoms with Crippen LogP contribution in [0.5, 0.6) is 0 Å². The Labute approximate surface area is 164 Å². The number of likely N-dealkylation sites (N-methyl/N-ethyl adjacent to an activating group) is 1. The quantitative estimate of drug-likeness (QED) is 0.712. The number of quaternary nitrogens is 1. The molecule has 4 heteroatoms. The van der Waals surface area contributed by atoms with Crippen LogP contribution in [0.15, 0.2) is 48.5 Å². The van der Waals surface area contributed by atoms with Crippen LogP contribution in [0.3, 0.4) is 0 Å². The number of nitrogens with one attached hydrogen (secondary N) is 2. The summed E-state index contributed by atoms with van der Waals surface area (Å²) in [6.07, 6.45) is 0.870. The molecule has 2 rings (SSSR count). The SMILES string of the molecule is CC(C)c1ccc(CCNC(=O)C[NH+](C)Cc2ccc(N(C)C)cc2)cc1. The molecule has 4 nitrogen and oxygen atoms in total. The molecule has 0 bridgehead atoms. The first kappa shape index (κ1) is 21.0. The molecule has 1 atom stereocenters. The minimum atomic E-state index is 0.108. The van der Waals surface area contributed by atoms with Crippen molar-refractivity contribution < 1.29 is 9.69 Å². The van der Waals surface area contributed by atoms with Crippen LogP contribution in [0.25, 0.3) is 0 Å². The van der Waals surface area contributed by atoms with Gasteiger partial charge in [-0.25, -0.2) is 0 Å². The number of anilines is 1. The highest BCUT2D eigenvalue weighted by Gasteiger charge is 2.10. The summed E-state index contributed by atoms with van der Waals surface area (Å²) < 4.78 is 0. The van der Waals surface area contributed by atoms with E-state index in [1.807, 2.05) is 14.1 Å². The highest BCUT2D eigenvalue weighted by molar-refractivity contribution is 5.76. The molecule has 0 spiro atoms. The maximum Gasteiger partial charge on any atom is 0.275 e. The molecule has 0 aliphatic heterocycles. The van der Waals surface area contributed by atoms with Crippen LogP contribution in [0.4, 0.5) is 5.69 Å². The molecular weight excluding hydrogens is 334 g/mol. The molecule has 0 fully saturated rings. The molecular formula is C23H34N3O+. The topological polar surface area (TPSA) is 36.8 Å². The Hall–Kier alpha value is -2.33. The fourth-order valence-electron chi connectivity index (χ4n) is 3.07. The lowest BCUT2D eigenvalue weighted by Gasteiger charge is -2.16. The monoisotopic (exact) mass is 368 g/mol. The molecule has 146 valence electrons. The molecule has 2 aromatic rings. The Morgan fingerprint density at radius 2 is 1.59 bits per heavy atom. The third-order valence-electron chi connectivity index (χ3n) is 4.80. The van der Waals surface area contributed by atoms with Gasteiger partial charge in [-0.1, -0.05) is 50.2 Å². The molecule has 0 heterocycles. The van der Waals surface area contributed by atoms with E-state index >= 15 is 0 Å². The Morgan fingerprint density at radius 1 is 1.00 bits per heavy atom. The third kappa shape index (κ3) is 7.06. The van der Waals surface area contributed by atoms with Crippen molar-refractivity contribution in [2.45, 2.75) is 32.7 Å². The average molecular weight is 369 g/mol. The van der Waals surface area contributed by atoms with Crippen LogP contribution in [0.2, 0.25) is 0 Å². The van der Waals surface area contributed by atoms with Gasteiger partial charge in [-0.05, 0) is 35.6 Å². The second kappa shape index (κ2) is 10.1. The van der Waals surface area contributed by atoms with Crippen LogP contribution >= 0.6 is 0 Å². The van der Waals surface area contributed by atoms with E-state index in [1.54, 1.807) is 0 Å². The van der Waals surface area contributed by atoms with Gasteiger partial charge in [0.15, 0.2) is 6.54 Å². The Balaban J connectivity index is 1.71. The minimum absolute atomic E-state index is 0.108. The number of benzene rings is 2. The fourth-order valence-corrected chi connectivity index (χ4v) is 3.07. The summed E-state index contributed by atoms with van der Waals surface area (Å²) in [7, 11) is 6.13. The largest absolute Gasteiger partial charge is 0.378 e. The zero-order valence-corrected chi connectivity index (χ0v) is 17.4. The third-order valence-corrected chi connectivity index (χ3v) is 4.80. The van der Waals surface area contributed by atoms with Gasteiger partial charge in [0.1, 0.15) is 6.54 Å². The summed E-state index contributed by atoms with van der Waals surface area (Å²) in [6, 6.07) is 17.2. The van der Waals surface area contributed by atoms with Crippen LogP contribution in [0.1, 0.15) is 36.5 Å². The molecule has 2 aromatic carbocycles. The van der Waals surface area contributed by atoms with Crippen molar-refractivity contribution in [1.82, 2.24) is 5.32 Å². The van der Waals surface area contributed by atoms with E-state index in [1.165, 1.54) is 27.3 Å². The van der Waals surface area contributed by atoms with E-state index < -0.39 is 0 Å². The maximum absolute atomic E-state index is 12.2. The molecule has 1 amide bonds. The van der Waals surface area contributed by atoms with Gasteiger partial charge in [0.05, 0.1) is 7.05 Å². The van der Waals surface area contributed by atoms with Crippen LogP contribution < -0.4 is 15.1 Å². The first-order valence-corrected chi connectivity index (χ1v) is 9.78. The van der Waals surface area contributed by atoms with Crippen molar-refractivity contribution in [2.24, 2.45) is 0 Å². The molecule has 0 aliphatic carbocycles. The molecule has 0 saturated carbocycles. The van der Waals surface area contributed by atoms with Crippen molar-refractivity contribution in [3.8, 4) is 0 Å². The van der Waals surface area contributed by atoms with Gasteiger partial charge in [-0.15, -0.1) is 0 Å². The zero-order chi connectivity index (χ0) is 19.8. The summed E-state index contributed by atoms with van der Waals surface area (Å²) >= 11 is 0. The fraction of sp³-hybridized carbons (Fsp3) is 0.435. The van der Waals surface area contributed by atoms with E-state index in [-0.39, 0.29) is 5.91 Å². The van der Waals surface area contributed by atoms with E-state index in [0.29, 0.717) is 19.0 Å². The average Bonchev–Trinajstić information content (AvgIpc) is 2.62. The molecule has 0 saturated heterocycles. The van der Waals surface area contributed by atoms with Crippen LogP contribution in [0, 0.1) is 0 Å². The molecule has 1 unspecified atom stereocenters. The number of nitrogens with zero attached hydrogens (tertiary/aromatic N) is 1. The van der Waals surface area contributed by atoms with Crippen molar-refractivity contribution in [3.05, 3.63) is 65.2 Å². The molecule has 27 heavy (non-hydrogen) atoms. The van der Waals surface area contributed by atoms with Gasteiger partial charge in [0.2, 0.25) is 0 Å². The minimum Gasteiger partial charge on any atom is -0.378 e. The Kier molecular flexibility index (Phi) is 7.86. The van der Waals surface area contributed by atoms with Gasteiger partial charge in [-0.2, -0.15) is 0 Å². The molecule has 2 N–H and O–H groups in total. The van der Waals surface area contributed by atoms with Crippen molar-refractivity contribution in [2.75, 3.05) is 39.1 Å². The number of carbonyl (C=O) groups is 1. The summed E-state index contributed by atoms with van der Waals surface area (Å²) in [5.41, 5.74) is 5.06. The Morgan fingerprint density at radius 3 is 2.15 bits per heavy atom. The van der Waals surface area contributed by atoms with E-state index in [4.69, 9.17) is 0 Å². The van der Waals surface area contributed by atoms with Gasteiger partial charge in [0.25, 0.3) is 5.91 Å². The smallest absolute Gasteiger partial charge is 0.275 e. The van der Waals surface area contributed by atoms with Gasteiger partial charge in [0, 0.05) is 31.9 Å². The van der Waals surface area contributed by atoms with E-state index in [0.717, 1.165) is 13.0 Å². The predicted octanol–water partition coefficient (Wildman–Crippen LogP) is 2.25. The molecule has 0 aliphatic rings. The van der Waals surface area contributed by atoms with Crippen molar-refractivity contribution in [3.63, 3.8) is 0 Å². The molecule has 0 radical (unpaired) electrons. The second-order valence-corrected chi connectivity index (χ2v) is 7.87. The number of rotatable bonds is 9. The standard InChI is InChI=1S/C23H33N3O/c1-18(2)21-10-6-19(7-11-21)14-15-24-23(27)17-26(5)16-20-8-12-22(13-9-20)25(3)4/h6-13,18H,14-17H2,1-5H3,(H,24,27)/p+1. The zero-order valence-electron chi connectivity index (χ0n) is 17.4. The number of hydrogen-bond acceptors (Lipinski definition) is 2. The first-order valence-electron chi connectivity index (χ1n) is 9.78. The lowest BCUT2D eigenvalue weighted by atomic mass is 10.0. The highest BCUT2D eigenvalue weighted by atomic mass is 16.2. The number of hydrogen-bond donors (Lipinski definition) is 2. The first-order chi connectivity index (χ1) is 12.8. The maximum atomic E-state index is 12.2. The number of carbonyl (C=O) groups excluding carboxylic acids is 1. The van der Waals surface area contributed by atoms with E-state index in [9.17, 15) is 4.79 Å². The summed E-state index contributed by atoms with van der Waals surface area (Å²) in [4.78, 5) is 15.5. The highest BCUT2D eigenvalue weighted by Crippen LogP contribution is 2.14. The van der Waals surface area contributed by atoms with Crippen LogP contribution in [-0.2, 0) is 17.8 Å². The lowest BCUT2D eigenvalue weighted by molar-refractivity contribution is -0.885. The Bertz CT molecular complexity index is 705. The second-order valence-electron chi connectivity index (χ2n) is 7.87. The molecule has 0 aromatic heterocycles. The van der Waals surface area contributed by atoms with Gasteiger partial charge < -0.3 is 15.1 Å². The van der Waals surface area contributed by atoms with Gasteiger partial charge >= 0.3 is 0 Å². The van der Waals surface area contributed by atoms with Crippen molar-refractivity contribution in [1.29, 1.82) is 0 Å². The van der Waals surface area contributed by atoms with Gasteiger partial charge in [-0.3, -0.25) is 4.79 Å². The normalized spacial score (nSPS) is 12.1. The van der Waals surface area contributed by atoms with Crippen molar-refractivity contribution >= 4 is 11.6 Å². The van der Waals surface area contributed by atoms with Crippen LogP contribution in [-0.4, -0.2) is 40.1 Å². The summed E-state index contributed by atoms with van der Waals surface area (Å²) in [6.45, 7) is 6.42. The summed E-state index contributed by atoms with van der Waals surface area (Å²) in [5.74, 6) is 0.660. The lowest BCUT2D eigenvalue weighted by Crippen LogP contribution is -3.08. The predicted molar refractivity (Wildman–Crippen MR) is 113 cm³/mol. The number of amides is 1. The van der Waals surface area contributed by atoms with E-state index in [2.05, 4.69) is 79.6 Å².